The van der Waals surface area contributed by atoms with E-state index in [2.05, 4.69) is 28.9 Å². The van der Waals surface area contributed by atoms with Crippen LogP contribution in [0, 0.1) is 0 Å². The largest absolute Gasteiger partial charge is 0.441 e. The molecule has 2 aliphatic heterocycles. The second-order valence-corrected chi connectivity index (χ2v) is 8.12. The van der Waals surface area contributed by atoms with Crippen molar-refractivity contribution >= 4 is 40.5 Å². The van der Waals surface area contributed by atoms with Gasteiger partial charge in [-0.15, -0.1) is 0 Å². The number of likely N-dealkylation sites (N-methyl/N-ethyl adjacent to an activating group) is 1. The van der Waals surface area contributed by atoms with Crippen LogP contribution in [0.5, 0.6) is 0 Å². The highest BCUT2D eigenvalue weighted by Gasteiger charge is 2.30. The molecule has 0 atom stereocenters. The normalized spacial score (nSPS) is 20.6. The Labute approximate surface area is 170 Å². The Kier molecular flexibility index (Phi) is 5.57. The minimum absolute atomic E-state index is 0.0511. The van der Waals surface area contributed by atoms with Gasteiger partial charge in [-0.1, -0.05) is 19.1 Å². The van der Waals surface area contributed by atoms with Gasteiger partial charge in [0.05, 0.1) is 10.6 Å². The van der Waals surface area contributed by atoms with Crippen molar-refractivity contribution in [2.75, 3.05) is 25.0 Å². The summed E-state index contributed by atoms with van der Waals surface area (Å²) in [6.45, 7) is 4.20. The zero-order valence-electron chi connectivity index (χ0n) is 16.4. The molecule has 0 bridgehead atoms. The highest BCUT2D eigenvalue weighted by Crippen LogP contribution is 2.34. The van der Waals surface area contributed by atoms with E-state index in [1.54, 1.807) is 11.9 Å². The molecule has 0 saturated carbocycles. The van der Waals surface area contributed by atoms with Crippen molar-refractivity contribution in [3.8, 4) is 0 Å². The lowest BCUT2D eigenvalue weighted by Gasteiger charge is -2.25. The van der Waals surface area contributed by atoms with Gasteiger partial charge < -0.3 is 9.32 Å². The number of carbonyl (C=O) groups is 1. The van der Waals surface area contributed by atoms with Crippen molar-refractivity contribution in [1.29, 1.82) is 0 Å². The van der Waals surface area contributed by atoms with Gasteiger partial charge in [0, 0.05) is 32.3 Å². The number of anilines is 1. The summed E-state index contributed by atoms with van der Waals surface area (Å²) < 4.78 is 5.97. The van der Waals surface area contributed by atoms with Crippen LogP contribution in [0.15, 0.2) is 50.7 Å². The molecule has 1 amide bonds. The number of furan rings is 1. The topological polar surface area (TPSA) is 49.1 Å². The Morgan fingerprint density at radius 3 is 2.57 bits per heavy atom. The van der Waals surface area contributed by atoms with Crippen LogP contribution in [-0.2, 0) is 11.2 Å². The van der Waals surface area contributed by atoms with Crippen LogP contribution in [-0.4, -0.2) is 36.1 Å². The van der Waals surface area contributed by atoms with E-state index >= 15 is 0 Å². The fraction of sp³-hybridized carbons (Fsp3) is 0.364. The van der Waals surface area contributed by atoms with Gasteiger partial charge in [-0.2, -0.15) is 0 Å². The molecule has 5 nitrogen and oxygen atoms in total. The van der Waals surface area contributed by atoms with E-state index in [0.29, 0.717) is 15.8 Å². The first-order chi connectivity index (χ1) is 13.6. The fourth-order valence-electron chi connectivity index (χ4n) is 3.40. The first kappa shape index (κ1) is 18.9. The molecule has 0 aliphatic carbocycles. The maximum absolute atomic E-state index is 12.6. The van der Waals surface area contributed by atoms with E-state index in [1.165, 1.54) is 36.6 Å². The minimum Gasteiger partial charge on any atom is -0.441 e. The summed E-state index contributed by atoms with van der Waals surface area (Å²) in [6.07, 6.45) is 6.51. The van der Waals surface area contributed by atoms with E-state index in [-0.39, 0.29) is 5.91 Å². The first-order valence-corrected chi connectivity index (χ1v) is 10.7. The summed E-state index contributed by atoms with van der Waals surface area (Å²) in [5.41, 5.74) is 2.13. The average molecular weight is 396 g/mol. The number of amides is 1. The number of benzene rings is 1. The van der Waals surface area contributed by atoms with Gasteiger partial charge in [-0.25, -0.2) is 4.99 Å². The molecule has 2 saturated heterocycles. The summed E-state index contributed by atoms with van der Waals surface area (Å²) in [5, 5.41) is 0.684. The van der Waals surface area contributed by atoms with Crippen molar-refractivity contribution in [2.45, 2.75) is 32.6 Å². The first-order valence-electron chi connectivity index (χ1n) is 9.84. The molecule has 2 aliphatic rings. The zero-order chi connectivity index (χ0) is 19.5. The monoisotopic (exact) mass is 395 g/mol. The summed E-state index contributed by atoms with van der Waals surface area (Å²) in [7, 11) is 1.76. The number of hydrogen-bond acceptors (Lipinski definition) is 5. The second-order valence-electron chi connectivity index (χ2n) is 7.11. The van der Waals surface area contributed by atoms with E-state index in [1.807, 2.05) is 30.3 Å². The van der Waals surface area contributed by atoms with E-state index in [9.17, 15) is 4.79 Å². The summed E-state index contributed by atoms with van der Waals surface area (Å²) in [4.78, 5) is 21.8. The van der Waals surface area contributed by atoms with Gasteiger partial charge in [0.2, 0.25) is 0 Å². The van der Waals surface area contributed by atoms with Crippen LogP contribution in [0.4, 0.5) is 11.6 Å². The number of thioether (sulfide) groups is 1. The van der Waals surface area contributed by atoms with Crippen LogP contribution in [0.25, 0.3) is 6.08 Å². The van der Waals surface area contributed by atoms with Gasteiger partial charge in [0.25, 0.3) is 5.91 Å². The molecular formula is C22H25N3O2S. The number of nitrogens with zero attached hydrogens (tertiary/aromatic N) is 3. The predicted octanol–water partition coefficient (Wildman–Crippen LogP) is 5.07. The molecule has 1 aromatic carbocycles. The highest BCUT2D eigenvalue weighted by atomic mass is 32.2. The lowest BCUT2D eigenvalue weighted by molar-refractivity contribution is -0.121. The molecule has 6 heteroatoms. The van der Waals surface area contributed by atoms with Crippen molar-refractivity contribution in [1.82, 2.24) is 4.90 Å². The van der Waals surface area contributed by atoms with Gasteiger partial charge >= 0.3 is 0 Å². The SMILES string of the molecule is CCc1ccc(N=C2S/C(=C/c3ccc(N4CCCCC4)o3)C(=O)N2C)cc1. The van der Waals surface area contributed by atoms with Crippen LogP contribution >= 0.6 is 11.8 Å². The average Bonchev–Trinajstić information content (AvgIpc) is 3.30. The highest BCUT2D eigenvalue weighted by molar-refractivity contribution is 8.18. The molecule has 0 radical (unpaired) electrons. The van der Waals surface area contributed by atoms with Crippen molar-refractivity contribution in [3.05, 3.63) is 52.6 Å². The van der Waals surface area contributed by atoms with Crippen molar-refractivity contribution in [3.63, 3.8) is 0 Å². The lowest BCUT2D eigenvalue weighted by atomic mass is 10.1. The smallest absolute Gasteiger partial charge is 0.266 e. The van der Waals surface area contributed by atoms with Gasteiger partial charge in [-0.05, 0) is 61.2 Å². The Balaban J connectivity index is 1.51. The summed E-state index contributed by atoms with van der Waals surface area (Å²) >= 11 is 1.39. The molecule has 0 spiro atoms. The van der Waals surface area contributed by atoms with E-state index < -0.39 is 0 Å². The summed E-state index contributed by atoms with van der Waals surface area (Å²) in [5.74, 6) is 1.54. The second kappa shape index (κ2) is 8.27. The number of amidine groups is 1. The molecule has 1 aromatic heterocycles. The van der Waals surface area contributed by atoms with E-state index in [4.69, 9.17) is 4.42 Å². The third-order valence-corrected chi connectivity index (χ3v) is 6.19. The van der Waals surface area contributed by atoms with E-state index in [0.717, 1.165) is 31.1 Å². The Morgan fingerprint density at radius 1 is 1.11 bits per heavy atom. The number of carbonyl (C=O) groups excluding carboxylic acids is 1. The van der Waals surface area contributed by atoms with Crippen LogP contribution in [0.1, 0.15) is 37.5 Å². The third kappa shape index (κ3) is 4.02. The molecule has 2 fully saturated rings. The molecule has 2 aromatic rings. The zero-order valence-corrected chi connectivity index (χ0v) is 17.2. The van der Waals surface area contributed by atoms with Crippen molar-refractivity contribution < 1.29 is 9.21 Å². The number of rotatable bonds is 4. The Hall–Kier alpha value is -2.47. The number of aliphatic imine (C=N–C) groups is 1. The predicted molar refractivity (Wildman–Crippen MR) is 116 cm³/mol. The van der Waals surface area contributed by atoms with Crippen molar-refractivity contribution in [2.24, 2.45) is 4.99 Å². The molecule has 0 unspecified atom stereocenters. The maximum Gasteiger partial charge on any atom is 0.266 e. The van der Waals surface area contributed by atoms with Gasteiger partial charge in [0.1, 0.15) is 5.76 Å². The molecule has 28 heavy (non-hydrogen) atoms. The van der Waals surface area contributed by atoms with Gasteiger partial charge in [-0.3, -0.25) is 9.69 Å². The fourth-order valence-corrected chi connectivity index (χ4v) is 4.37. The summed E-state index contributed by atoms with van der Waals surface area (Å²) in [6, 6.07) is 12.1. The van der Waals surface area contributed by atoms with Gasteiger partial charge in [0.15, 0.2) is 11.1 Å². The van der Waals surface area contributed by atoms with Crippen LogP contribution in [0.3, 0.4) is 0 Å². The number of piperidine rings is 1. The standard InChI is InChI=1S/C22H25N3O2S/c1-3-16-7-9-17(10-8-16)23-22-24(2)21(26)19(28-22)15-18-11-12-20(27-18)25-13-5-4-6-14-25/h7-12,15H,3-6,13-14H2,1-2H3/b19-15+,23-22?. The number of aryl methyl sites for hydroxylation is 1. The van der Waals surface area contributed by atoms with Crippen LogP contribution < -0.4 is 4.90 Å². The van der Waals surface area contributed by atoms with Crippen LogP contribution in [0.2, 0.25) is 0 Å². The Morgan fingerprint density at radius 2 is 1.86 bits per heavy atom. The molecule has 4 rings (SSSR count). The number of hydrogen-bond donors (Lipinski definition) is 0. The maximum atomic E-state index is 12.6. The minimum atomic E-state index is -0.0511. The molecule has 3 heterocycles. The Bertz CT molecular complexity index is 908. The quantitative estimate of drug-likeness (QED) is 0.679. The molecule has 0 N–H and O–H groups in total. The molecular weight excluding hydrogens is 370 g/mol. The third-order valence-electron chi connectivity index (χ3n) is 5.13. The lowest BCUT2D eigenvalue weighted by Crippen LogP contribution is -2.28. The molecule has 146 valence electrons.